The highest BCUT2D eigenvalue weighted by atomic mass is 35.5. The van der Waals surface area contributed by atoms with Gasteiger partial charge in [0.05, 0.1) is 0 Å². The van der Waals surface area contributed by atoms with E-state index in [0.29, 0.717) is 5.02 Å². The number of amides is 2. The number of carbonyl (C=O) groups is 1. The Hall–Kier alpha value is -2.40. The minimum atomic E-state index is -0.413. The van der Waals surface area contributed by atoms with E-state index in [1.165, 1.54) is 6.20 Å². The molecule has 2 rings (SSSR count). The molecule has 0 spiro atoms. The van der Waals surface area contributed by atoms with E-state index in [-0.39, 0.29) is 5.95 Å². The summed E-state index contributed by atoms with van der Waals surface area (Å²) in [6.07, 6.45) is 6.34. The van der Waals surface area contributed by atoms with Crippen molar-refractivity contribution in [3.05, 3.63) is 59.5 Å². The SMILES string of the molecule is O=C(N/C=C/c1cccc(Cl)c1)Nc1ncccn1. The molecule has 0 aliphatic heterocycles. The zero-order chi connectivity index (χ0) is 13.5. The molecule has 96 valence electrons. The third kappa shape index (κ3) is 4.40. The number of hydrogen-bond donors (Lipinski definition) is 2. The third-order valence-corrected chi connectivity index (χ3v) is 2.37. The van der Waals surface area contributed by atoms with Gasteiger partial charge in [-0.2, -0.15) is 0 Å². The van der Waals surface area contributed by atoms with Crippen molar-refractivity contribution in [1.82, 2.24) is 15.3 Å². The summed E-state index contributed by atoms with van der Waals surface area (Å²) in [5, 5.41) is 5.68. The van der Waals surface area contributed by atoms with E-state index >= 15 is 0 Å². The summed E-state index contributed by atoms with van der Waals surface area (Å²) in [6, 6.07) is 8.54. The van der Waals surface area contributed by atoms with E-state index in [1.54, 1.807) is 36.7 Å². The molecule has 0 aliphatic rings. The Kier molecular flexibility index (Phi) is 4.47. The Bertz CT molecular complexity index is 586. The number of hydrogen-bond acceptors (Lipinski definition) is 3. The molecule has 1 aromatic heterocycles. The van der Waals surface area contributed by atoms with Crippen LogP contribution in [0.1, 0.15) is 5.56 Å². The Labute approximate surface area is 115 Å². The molecule has 2 aromatic rings. The minimum Gasteiger partial charge on any atom is -0.314 e. The van der Waals surface area contributed by atoms with Crippen LogP contribution in [-0.4, -0.2) is 16.0 Å². The Morgan fingerprint density at radius 3 is 2.74 bits per heavy atom. The van der Waals surface area contributed by atoms with Crippen LogP contribution in [0.3, 0.4) is 0 Å². The van der Waals surface area contributed by atoms with Crippen LogP contribution in [0, 0.1) is 0 Å². The minimum absolute atomic E-state index is 0.246. The summed E-state index contributed by atoms with van der Waals surface area (Å²) in [7, 11) is 0. The summed E-state index contributed by atoms with van der Waals surface area (Å²) in [5.41, 5.74) is 0.892. The van der Waals surface area contributed by atoms with E-state index in [0.717, 1.165) is 5.56 Å². The molecule has 2 N–H and O–H groups in total. The normalized spacial score (nSPS) is 10.4. The van der Waals surface area contributed by atoms with Crippen LogP contribution >= 0.6 is 11.6 Å². The first-order valence-corrected chi connectivity index (χ1v) is 5.88. The molecule has 0 atom stereocenters. The second kappa shape index (κ2) is 6.51. The third-order valence-electron chi connectivity index (χ3n) is 2.13. The van der Waals surface area contributed by atoms with Gasteiger partial charge in [0.15, 0.2) is 0 Å². The highest BCUT2D eigenvalue weighted by molar-refractivity contribution is 6.30. The van der Waals surface area contributed by atoms with Crippen LogP contribution in [0.2, 0.25) is 5.02 Å². The van der Waals surface area contributed by atoms with Crippen LogP contribution < -0.4 is 10.6 Å². The molecule has 1 aromatic carbocycles. The lowest BCUT2D eigenvalue weighted by atomic mass is 10.2. The predicted octanol–water partition coefficient (Wildman–Crippen LogP) is 2.92. The highest BCUT2D eigenvalue weighted by Crippen LogP contribution is 2.11. The first kappa shape index (κ1) is 13.0. The van der Waals surface area contributed by atoms with E-state index in [1.807, 2.05) is 12.1 Å². The second-order valence-corrected chi connectivity index (χ2v) is 4.00. The number of anilines is 1. The quantitative estimate of drug-likeness (QED) is 0.904. The summed E-state index contributed by atoms with van der Waals surface area (Å²) >= 11 is 5.84. The van der Waals surface area contributed by atoms with Crippen LogP contribution in [0.15, 0.2) is 48.9 Å². The van der Waals surface area contributed by atoms with Gasteiger partial charge >= 0.3 is 6.03 Å². The summed E-state index contributed by atoms with van der Waals surface area (Å²) < 4.78 is 0. The monoisotopic (exact) mass is 274 g/mol. The van der Waals surface area contributed by atoms with Gasteiger partial charge in [-0.3, -0.25) is 5.32 Å². The molecule has 5 nitrogen and oxygen atoms in total. The fraction of sp³-hybridized carbons (Fsp3) is 0. The van der Waals surface area contributed by atoms with Crippen LogP contribution in [0.5, 0.6) is 0 Å². The maximum Gasteiger partial charge on any atom is 0.325 e. The lowest BCUT2D eigenvalue weighted by Gasteiger charge is -2.01. The molecule has 6 heteroatoms. The van der Waals surface area contributed by atoms with Gasteiger partial charge < -0.3 is 5.32 Å². The fourth-order valence-corrected chi connectivity index (χ4v) is 1.52. The molecule has 2 amide bonds. The first-order valence-electron chi connectivity index (χ1n) is 5.51. The van der Waals surface area contributed by atoms with Gasteiger partial charge in [-0.25, -0.2) is 14.8 Å². The Balaban J connectivity index is 1.87. The molecule has 0 aliphatic carbocycles. The average Bonchev–Trinajstić information content (AvgIpc) is 2.40. The number of nitrogens with zero attached hydrogens (tertiary/aromatic N) is 2. The highest BCUT2D eigenvalue weighted by Gasteiger charge is 1.99. The maximum absolute atomic E-state index is 11.5. The Morgan fingerprint density at radius 2 is 2.00 bits per heavy atom. The van der Waals surface area contributed by atoms with Crippen molar-refractivity contribution in [3.63, 3.8) is 0 Å². The summed E-state index contributed by atoms with van der Waals surface area (Å²) in [6.45, 7) is 0. The number of benzene rings is 1. The average molecular weight is 275 g/mol. The molecule has 1 heterocycles. The lowest BCUT2D eigenvalue weighted by molar-refractivity contribution is 0.255. The second-order valence-electron chi connectivity index (χ2n) is 3.56. The number of rotatable bonds is 3. The van der Waals surface area contributed by atoms with Gasteiger partial charge in [0, 0.05) is 23.6 Å². The number of aromatic nitrogens is 2. The predicted molar refractivity (Wildman–Crippen MR) is 74.7 cm³/mol. The first-order chi connectivity index (χ1) is 9.24. The van der Waals surface area contributed by atoms with Crippen molar-refractivity contribution in [3.8, 4) is 0 Å². The van der Waals surface area contributed by atoms with E-state index in [9.17, 15) is 4.79 Å². The van der Waals surface area contributed by atoms with E-state index in [4.69, 9.17) is 11.6 Å². The standard InChI is InChI=1S/C13H11ClN4O/c14-11-4-1-3-10(9-11)5-8-17-13(19)18-12-15-6-2-7-16-12/h1-9H,(H2,15,16,17,18,19)/b8-5+. The smallest absolute Gasteiger partial charge is 0.314 e. The number of halogens is 1. The van der Waals surface area contributed by atoms with Gasteiger partial charge in [0.2, 0.25) is 5.95 Å². The van der Waals surface area contributed by atoms with Crippen LogP contribution in [0.25, 0.3) is 6.08 Å². The topological polar surface area (TPSA) is 66.9 Å². The fourth-order valence-electron chi connectivity index (χ4n) is 1.33. The summed E-state index contributed by atoms with van der Waals surface area (Å²) in [4.78, 5) is 19.2. The molecule has 0 saturated heterocycles. The van der Waals surface area contributed by atoms with Gasteiger partial charge in [0.25, 0.3) is 0 Å². The maximum atomic E-state index is 11.5. The van der Waals surface area contributed by atoms with Crippen molar-refractivity contribution >= 4 is 29.7 Å². The zero-order valence-corrected chi connectivity index (χ0v) is 10.6. The molecular formula is C13H11ClN4O. The van der Waals surface area contributed by atoms with Crippen molar-refractivity contribution in [2.75, 3.05) is 5.32 Å². The largest absolute Gasteiger partial charge is 0.325 e. The van der Waals surface area contributed by atoms with Gasteiger partial charge in [-0.1, -0.05) is 23.7 Å². The lowest BCUT2D eigenvalue weighted by Crippen LogP contribution is -2.24. The van der Waals surface area contributed by atoms with Gasteiger partial charge in [0.1, 0.15) is 0 Å². The molecule has 19 heavy (non-hydrogen) atoms. The van der Waals surface area contributed by atoms with Gasteiger partial charge in [-0.05, 0) is 29.8 Å². The van der Waals surface area contributed by atoms with Crippen molar-refractivity contribution < 1.29 is 4.79 Å². The molecule has 0 bridgehead atoms. The van der Waals surface area contributed by atoms with Crippen molar-refractivity contribution in [2.24, 2.45) is 0 Å². The van der Waals surface area contributed by atoms with Crippen molar-refractivity contribution in [1.29, 1.82) is 0 Å². The number of urea groups is 1. The summed E-state index contributed by atoms with van der Waals surface area (Å²) in [5.74, 6) is 0.246. The van der Waals surface area contributed by atoms with E-state index in [2.05, 4.69) is 20.6 Å². The number of nitrogens with one attached hydrogen (secondary N) is 2. The molecule has 0 fully saturated rings. The molecular weight excluding hydrogens is 264 g/mol. The van der Waals surface area contributed by atoms with E-state index < -0.39 is 6.03 Å². The molecule has 0 unspecified atom stereocenters. The van der Waals surface area contributed by atoms with Crippen molar-refractivity contribution in [2.45, 2.75) is 0 Å². The van der Waals surface area contributed by atoms with Crippen LogP contribution in [-0.2, 0) is 0 Å². The molecule has 0 saturated carbocycles. The van der Waals surface area contributed by atoms with Gasteiger partial charge in [-0.15, -0.1) is 0 Å². The van der Waals surface area contributed by atoms with Crippen LogP contribution in [0.4, 0.5) is 10.7 Å². The molecule has 0 radical (unpaired) electrons. The number of carbonyl (C=O) groups excluding carboxylic acids is 1. The Morgan fingerprint density at radius 1 is 1.21 bits per heavy atom. The zero-order valence-electron chi connectivity index (χ0n) is 9.88.